The van der Waals surface area contributed by atoms with Crippen molar-refractivity contribution in [1.82, 2.24) is 5.32 Å². The smallest absolute Gasteiger partial charge is 0.319 e. The number of aliphatic hydroxyl groups is 1. The number of anilines is 2. The van der Waals surface area contributed by atoms with Crippen molar-refractivity contribution in [3.8, 4) is 0 Å². The van der Waals surface area contributed by atoms with Gasteiger partial charge < -0.3 is 20.6 Å². The molecular weight excluding hydrogens is 278 g/mol. The summed E-state index contributed by atoms with van der Waals surface area (Å²) in [6, 6.07) is 7.29. The number of urea groups is 1. The van der Waals surface area contributed by atoms with Gasteiger partial charge in [0.2, 0.25) is 0 Å². The first-order chi connectivity index (χ1) is 10.2. The third kappa shape index (κ3) is 6.35. The summed E-state index contributed by atoms with van der Waals surface area (Å²) in [7, 11) is 3.85. The molecule has 1 atom stereocenters. The first-order valence-electron chi connectivity index (χ1n) is 7.75. The maximum absolute atomic E-state index is 12.0. The Labute approximate surface area is 133 Å². The van der Waals surface area contributed by atoms with Crippen LogP contribution >= 0.6 is 0 Å². The molecule has 0 saturated heterocycles. The van der Waals surface area contributed by atoms with E-state index in [0.717, 1.165) is 17.8 Å². The van der Waals surface area contributed by atoms with Crippen molar-refractivity contribution in [2.45, 2.75) is 39.2 Å². The maximum Gasteiger partial charge on any atom is 0.319 e. The quantitative estimate of drug-likeness (QED) is 0.725. The van der Waals surface area contributed by atoms with E-state index in [0.29, 0.717) is 12.3 Å². The Kier molecular flexibility index (Phi) is 6.68. The average Bonchev–Trinajstić information content (AvgIpc) is 2.44. The zero-order valence-electron chi connectivity index (χ0n) is 14.3. The summed E-state index contributed by atoms with van der Waals surface area (Å²) in [5.41, 5.74) is 0.791. The highest BCUT2D eigenvalue weighted by Crippen LogP contribution is 2.23. The average molecular weight is 307 g/mol. The van der Waals surface area contributed by atoms with Gasteiger partial charge in [0, 0.05) is 20.6 Å². The van der Waals surface area contributed by atoms with Gasteiger partial charge >= 0.3 is 6.03 Å². The molecule has 5 heteroatoms. The Morgan fingerprint density at radius 3 is 2.55 bits per heavy atom. The highest BCUT2D eigenvalue weighted by atomic mass is 16.3. The first-order valence-corrected chi connectivity index (χ1v) is 7.75. The zero-order chi connectivity index (χ0) is 16.8. The van der Waals surface area contributed by atoms with Crippen molar-refractivity contribution in [2.75, 3.05) is 30.9 Å². The lowest BCUT2D eigenvalue weighted by molar-refractivity contribution is 0.0481. The Hall–Kier alpha value is -1.75. The molecule has 22 heavy (non-hydrogen) atoms. The molecule has 0 fully saturated rings. The molecule has 124 valence electrons. The van der Waals surface area contributed by atoms with E-state index in [1.807, 2.05) is 43.3 Å². The van der Waals surface area contributed by atoms with Crippen LogP contribution in [0.15, 0.2) is 24.3 Å². The summed E-state index contributed by atoms with van der Waals surface area (Å²) in [4.78, 5) is 14.0. The molecule has 3 N–H and O–H groups in total. The molecule has 1 aromatic carbocycles. The SMILES string of the molecule is CC(C)CCC(C)(O)CNC(=O)Nc1ccccc1N(C)C. The van der Waals surface area contributed by atoms with E-state index in [-0.39, 0.29) is 12.6 Å². The third-order valence-electron chi connectivity index (χ3n) is 3.52. The molecule has 1 rings (SSSR count). The van der Waals surface area contributed by atoms with Crippen molar-refractivity contribution in [1.29, 1.82) is 0 Å². The minimum absolute atomic E-state index is 0.232. The summed E-state index contributed by atoms with van der Waals surface area (Å²) < 4.78 is 0. The molecule has 0 saturated carbocycles. The fraction of sp³-hybridized carbons (Fsp3) is 0.588. The molecule has 0 aromatic heterocycles. The predicted octanol–water partition coefficient (Wildman–Crippen LogP) is 3.06. The largest absolute Gasteiger partial charge is 0.388 e. The number of rotatable bonds is 7. The fourth-order valence-corrected chi connectivity index (χ4v) is 2.09. The highest BCUT2D eigenvalue weighted by Gasteiger charge is 2.21. The van der Waals surface area contributed by atoms with Crippen molar-refractivity contribution in [3.05, 3.63) is 24.3 Å². The molecule has 0 heterocycles. The van der Waals surface area contributed by atoms with Gasteiger partial charge in [0.05, 0.1) is 17.0 Å². The maximum atomic E-state index is 12.0. The number of para-hydroxylation sites is 2. The van der Waals surface area contributed by atoms with Crippen LogP contribution in [0.4, 0.5) is 16.2 Å². The van der Waals surface area contributed by atoms with Crippen molar-refractivity contribution < 1.29 is 9.90 Å². The van der Waals surface area contributed by atoms with Crippen LogP contribution in [0, 0.1) is 5.92 Å². The summed E-state index contributed by atoms with van der Waals surface area (Å²) in [5, 5.41) is 15.8. The predicted molar refractivity (Wildman–Crippen MR) is 92.5 cm³/mol. The zero-order valence-corrected chi connectivity index (χ0v) is 14.3. The van der Waals surface area contributed by atoms with E-state index in [2.05, 4.69) is 24.5 Å². The van der Waals surface area contributed by atoms with Gasteiger partial charge in [0.1, 0.15) is 0 Å². The van der Waals surface area contributed by atoms with Crippen LogP contribution in [-0.2, 0) is 0 Å². The van der Waals surface area contributed by atoms with Gasteiger partial charge in [-0.05, 0) is 37.8 Å². The summed E-state index contributed by atoms with van der Waals surface area (Å²) in [6.45, 7) is 6.22. The normalized spacial score (nSPS) is 13.6. The summed E-state index contributed by atoms with van der Waals surface area (Å²) in [5.74, 6) is 0.535. The molecule has 0 aliphatic rings. The van der Waals surface area contributed by atoms with E-state index in [1.165, 1.54) is 0 Å². The Morgan fingerprint density at radius 1 is 1.32 bits per heavy atom. The second-order valence-electron chi connectivity index (χ2n) is 6.65. The monoisotopic (exact) mass is 307 g/mol. The van der Waals surface area contributed by atoms with Crippen molar-refractivity contribution in [3.63, 3.8) is 0 Å². The molecule has 0 aliphatic carbocycles. The van der Waals surface area contributed by atoms with Crippen molar-refractivity contribution >= 4 is 17.4 Å². The fourth-order valence-electron chi connectivity index (χ4n) is 2.09. The van der Waals surface area contributed by atoms with Crippen LogP contribution in [0.3, 0.4) is 0 Å². The van der Waals surface area contributed by atoms with Crippen LogP contribution in [0.1, 0.15) is 33.6 Å². The Morgan fingerprint density at radius 2 is 1.95 bits per heavy atom. The minimum Gasteiger partial charge on any atom is -0.388 e. The Balaban J connectivity index is 2.53. The second kappa shape index (κ2) is 8.03. The highest BCUT2D eigenvalue weighted by molar-refractivity contribution is 5.93. The molecular formula is C17H29N3O2. The molecule has 1 aromatic rings. The minimum atomic E-state index is -0.886. The first kappa shape index (κ1) is 18.3. The van der Waals surface area contributed by atoms with Gasteiger partial charge in [-0.15, -0.1) is 0 Å². The van der Waals surface area contributed by atoms with E-state index in [4.69, 9.17) is 0 Å². The van der Waals surface area contributed by atoms with E-state index in [9.17, 15) is 9.90 Å². The lowest BCUT2D eigenvalue weighted by atomic mass is 9.95. The lowest BCUT2D eigenvalue weighted by Crippen LogP contribution is -2.42. The number of amides is 2. The lowest BCUT2D eigenvalue weighted by Gasteiger charge is -2.25. The van der Waals surface area contributed by atoms with Gasteiger partial charge in [-0.2, -0.15) is 0 Å². The standard InChI is InChI=1S/C17H29N3O2/c1-13(2)10-11-17(3,22)12-18-16(21)19-14-8-6-7-9-15(14)20(4)5/h6-9,13,22H,10-12H2,1-5H3,(H2,18,19,21). The van der Waals surface area contributed by atoms with Gasteiger partial charge in [0.25, 0.3) is 0 Å². The van der Waals surface area contributed by atoms with E-state index >= 15 is 0 Å². The van der Waals surface area contributed by atoms with Crippen molar-refractivity contribution in [2.24, 2.45) is 5.92 Å². The van der Waals surface area contributed by atoms with Gasteiger partial charge in [-0.1, -0.05) is 26.0 Å². The number of nitrogens with zero attached hydrogens (tertiary/aromatic N) is 1. The molecule has 0 radical (unpaired) electrons. The summed E-state index contributed by atoms with van der Waals surface area (Å²) in [6.07, 6.45) is 1.60. The van der Waals surface area contributed by atoms with Crippen LogP contribution in [0.25, 0.3) is 0 Å². The van der Waals surface area contributed by atoms with Crippen LogP contribution in [0.2, 0.25) is 0 Å². The Bertz CT molecular complexity index is 485. The second-order valence-corrected chi connectivity index (χ2v) is 6.65. The molecule has 5 nitrogen and oxygen atoms in total. The van der Waals surface area contributed by atoms with Crippen LogP contribution in [-0.4, -0.2) is 37.4 Å². The van der Waals surface area contributed by atoms with E-state index in [1.54, 1.807) is 6.92 Å². The van der Waals surface area contributed by atoms with E-state index < -0.39 is 5.60 Å². The van der Waals surface area contributed by atoms with Crippen LogP contribution in [0.5, 0.6) is 0 Å². The topological polar surface area (TPSA) is 64.6 Å². The number of carbonyl (C=O) groups excluding carboxylic acids is 1. The number of hydrogen-bond donors (Lipinski definition) is 3. The van der Waals surface area contributed by atoms with Gasteiger partial charge in [-0.25, -0.2) is 4.79 Å². The van der Waals surface area contributed by atoms with Gasteiger partial charge in [0.15, 0.2) is 0 Å². The number of nitrogens with one attached hydrogen (secondary N) is 2. The molecule has 0 aliphatic heterocycles. The molecule has 0 spiro atoms. The number of hydrogen-bond acceptors (Lipinski definition) is 3. The van der Waals surface area contributed by atoms with Crippen LogP contribution < -0.4 is 15.5 Å². The number of carbonyl (C=O) groups is 1. The van der Waals surface area contributed by atoms with Gasteiger partial charge in [-0.3, -0.25) is 0 Å². The number of benzene rings is 1. The molecule has 0 bridgehead atoms. The molecule has 2 amide bonds. The molecule has 1 unspecified atom stereocenters. The summed E-state index contributed by atoms with van der Waals surface area (Å²) >= 11 is 0. The third-order valence-corrected chi connectivity index (χ3v) is 3.52.